The zero-order valence-corrected chi connectivity index (χ0v) is 17.6. The highest BCUT2D eigenvalue weighted by Gasteiger charge is 2.08. The van der Waals surface area contributed by atoms with Crippen LogP contribution in [0, 0.1) is 0 Å². The van der Waals surface area contributed by atoms with Crippen LogP contribution >= 0.6 is 27.5 Å². The lowest BCUT2D eigenvalue weighted by atomic mass is 10.2. The molecule has 0 bridgehead atoms. The largest absolute Gasteiger partial charge is 0.340 e. The summed E-state index contributed by atoms with van der Waals surface area (Å²) in [5.74, 6) is 0.768. The molecule has 0 radical (unpaired) electrons. The van der Waals surface area contributed by atoms with Crippen LogP contribution in [0.25, 0.3) is 10.9 Å². The Kier molecular flexibility index (Phi) is 6.56. The third-order valence-corrected chi connectivity index (χ3v) is 4.91. The van der Waals surface area contributed by atoms with Gasteiger partial charge in [0.2, 0.25) is 5.91 Å². The van der Waals surface area contributed by atoms with Crippen molar-refractivity contribution >= 4 is 61.7 Å². The topological polar surface area (TPSA) is 83.0 Å². The normalized spacial score (nSPS) is 11.3. The van der Waals surface area contributed by atoms with Gasteiger partial charge in [0.15, 0.2) is 0 Å². The molecule has 0 aliphatic heterocycles. The second kappa shape index (κ2) is 9.09. The van der Waals surface area contributed by atoms with E-state index in [-0.39, 0.29) is 5.91 Å². The number of fused-ring (bicyclic) bond motifs is 1. The average Bonchev–Trinajstić information content (AvgIpc) is 2.65. The van der Waals surface area contributed by atoms with Gasteiger partial charge in [0, 0.05) is 28.2 Å². The molecule has 1 aromatic carbocycles. The first-order valence-electron chi connectivity index (χ1n) is 8.37. The first-order valence-corrected chi connectivity index (χ1v) is 9.54. The van der Waals surface area contributed by atoms with E-state index < -0.39 is 0 Å². The lowest BCUT2D eigenvalue weighted by Crippen LogP contribution is -2.13. The Morgan fingerprint density at radius 1 is 1.25 bits per heavy atom. The highest BCUT2D eigenvalue weighted by molar-refractivity contribution is 9.10. The SMILES string of the molecule is CN(C)C/C=C/C(=O)Nc1cc2c(Nc3ccc(Cl)c(Br)c3)ncnc2cn1. The Bertz CT molecular complexity index is 1040. The van der Waals surface area contributed by atoms with Gasteiger partial charge in [-0.15, -0.1) is 0 Å². The third-order valence-electron chi connectivity index (χ3n) is 3.70. The molecule has 2 aromatic heterocycles. The Labute approximate surface area is 176 Å². The summed E-state index contributed by atoms with van der Waals surface area (Å²) >= 11 is 9.45. The van der Waals surface area contributed by atoms with E-state index in [0.717, 1.165) is 15.5 Å². The molecule has 0 atom stereocenters. The smallest absolute Gasteiger partial charge is 0.249 e. The molecule has 0 unspecified atom stereocenters. The first-order chi connectivity index (χ1) is 13.4. The van der Waals surface area contributed by atoms with E-state index >= 15 is 0 Å². The fourth-order valence-electron chi connectivity index (χ4n) is 2.38. The number of amides is 1. The van der Waals surface area contributed by atoms with Crippen molar-refractivity contribution in [3.8, 4) is 0 Å². The highest BCUT2D eigenvalue weighted by atomic mass is 79.9. The molecule has 1 amide bonds. The highest BCUT2D eigenvalue weighted by Crippen LogP contribution is 2.29. The standard InChI is InChI=1S/C19H18BrClN6O/c1-27(2)7-3-4-18(28)26-17-9-13-16(10-22-17)23-11-24-19(13)25-12-5-6-15(21)14(20)8-12/h3-6,8-11H,7H2,1-2H3,(H,22,26,28)(H,23,24,25)/b4-3+. The predicted molar refractivity (Wildman–Crippen MR) is 116 cm³/mol. The van der Waals surface area contributed by atoms with E-state index in [9.17, 15) is 4.79 Å². The van der Waals surface area contributed by atoms with Crippen molar-refractivity contribution < 1.29 is 4.79 Å². The lowest BCUT2D eigenvalue weighted by Gasteiger charge is -2.10. The summed E-state index contributed by atoms with van der Waals surface area (Å²) in [6.07, 6.45) is 6.32. The number of carbonyl (C=O) groups excluding carboxylic acids is 1. The Morgan fingerprint density at radius 3 is 2.82 bits per heavy atom. The summed E-state index contributed by atoms with van der Waals surface area (Å²) < 4.78 is 0.775. The molecule has 0 aliphatic rings. The average molecular weight is 462 g/mol. The van der Waals surface area contributed by atoms with Crippen LogP contribution < -0.4 is 10.6 Å². The zero-order valence-electron chi connectivity index (χ0n) is 15.3. The Hall–Kier alpha value is -2.55. The number of nitrogens with zero attached hydrogens (tertiary/aromatic N) is 4. The maximum atomic E-state index is 12.1. The number of likely N-dealkylation sites (N-methyl/N-ethyl adjacent to an activating group) is 1. The first kappa shape index (κ1) is 20.2. The van der Waals surface area contributed by atoms with Gasteiger partial charge in [-0.1, -0.05) is 17.7 Å². The van der Waals surface area contributed by atoms with Gasteiger partial charge in [0.25, 0.3) is 0 Å². The second-order valence-corrected chi connectivity index (χ2v) is 7.48. The molecule has 0 spiro atoms. The number of aromatic nitrogens is 3. The molecule has 2 heterocycles. The minimum absolute atomic E-state index is 0.248. The van der Waals surface area contributed by atoms with Crippen LogP contribution in [0.3, 0.4) is 0 Å². The van der Waals surface area contributed by atoms with Gasteiger partial charge >= 0.3 is 0 Å². The van der Waals surface area contributed by atoms with E-state index in [1.807, 2.05) is 31.1 Å². The fraction of sp³-hybridized carbons (Fsp3) is 0.158. The number of hydrogen-bond donors (Lipinski definition) is 2. The molecule has 9 heteroatoms. The van der Waals surface area contributed by atoms with Crippen LogP contribution in [-0.4, -0.2) is 46.4 Å². The number of rotatable bonds is 6. The van der Waals surface area contributed by atoms with Gasteiger partial charge in [-0.3, -0.25) is 4.79 Å². The molecule has 0 saturated heterocycles. The van der Waals surface area contributed by atoms with E-state index in [1.165, 1.54) is 12.4 Å². The molecule has 0 aliphatic carbocycles. The van der Waals surface area contributed by atoms with Gasteiger partial charge < -0.3 is 15.5 Å². The quantitative estimate of drug-likeness (QED) is 0.534. The number of pyridine rings is 1. The number of nitrogens with one attached hydrogen (secondary N) is 2. The number of carbonyl (C=O) groups is 1. The van der Waals surface area contributed by atoms with Crippen molar-refractivity contribution in [3.05, 3.63) is 58.4 Å². The second-order valence-electron chi connectivity index (χ2n) is 6.22. The van der Waals surface area contributed by atoms with Crippen LogP contribution in [0.15, 0.2) is 53.4 Å². The van der Waals surface area contributed by atoms with Gasteiger partial charge in [-0.2, -0.15) is 0 Å². The third kappa shape index (κ3) is 5.25. The summed E-state index contributed by atoms with van der Waals surface area (Å²) in [5, 5.41) is 7.35. The fourth-order valence-corrected chi connectivity index (χ4v) is 2.87. The van der Waals surface area contributed by atoms with E-state index in [0.29, 0.717) is 28.7 Å². The maximum absolute atomic E-state index is 12.1. The molecule has 7 nitrogen and oxygen atoms in total. The molecule has 0 saturated carbocycles. The van der Waals surface area contributed by atoms with Gasteiger partial charge in [-0.05, 0) is 54.3 Å². The van der Waals surface area contributed by atoms with Crippen molar-refractivity contribution in [1.29, 1.82) is 0 Å². The minimum Gasteiger partial charge on any atom is -0.340 e. The van der Waals surface area contributed by atoms with E-state index in [1.54, 1.807) is 24.4 Å². The van der Waals surface area contributed by atoms with Gasteiger partial charge in [0.1, 0.15) is 18.0 Å². The minimum atomic E-state index is -0.248. The molecular formula is C19H18BrClN6O. The summed E-state index contributed by atoms with van der Waals surface area (Å²) in [7, 11) is 3.86. The maximum Gasteiger partial charge on any atom is 0.249 e. The monoisotopic (exact) mass is 460 g/mol. The van der Waals surface area contributed by atoms with Crippen LogP contribution in [0.1, 0.15) is 0 Å². The van der Waals surface area contributed by atoms with Crippen molar-refractivity contribution in [1.82, 2.24) is 19.9 Å². The summed E-state index contributed by atoms with van der Waals surface area (Å²) in [5.41, 5.74) is 1.47. The molecule has 28 heavy (non-hydrogen) atoms. The summed E-state index contributed by atoms with van der Waals surface area (Å²) in [4.78, 5) is 26.8. The zero-order chi connectivity index (χ0) is 20.1. The Morgan fingerprint density at radius 2 is 2.07 bits per heavy atom. The van der Waals surface area contributed by atoms with Crippen molar-refractivity contribution in [2.75, 3.05) is 31.3 Å². The number of hydrogen-bond acceptors (Lipinski definition) is 6. The molecule has 144 valence electrons. The van der Waals surface area contributed by atoms with E-state index in [2.05, 4.69) is 41.5 Å². The molecule has 0 fully saturated rings. The number of halogens is 2. The van der Waals surface area contributed by atoms with Crippen molar-refractivity contribution in [2.24, 2.45) is 0 Å². The van der Waals surface area contributed by atoms with Crippen molar-refractivity contribution in [2.45, 2.75) is 0 Å². The van der Waals surface area contributed by atoms with Crippen LogP contribution in [0.2, 0.25) is 5.02 Å². The summed E-state index contributed by atoms with van der Waals surface area (Å²) in [6, 6.07) is 7.22. The van der Waals surface area contributed by atoms with Gasteiger partial charge in [-0.25, -0.2) is 15.0 Å². The number of benzene rings is 1. The van der Waals surface area contributed by atoms with Crippen LogP contribution in [0.4, 0.5) is 17.3 Å². The van der Waals surface area contributed by atoms with Gasteiger partial charge in [0.05, 0.1) is 16.7 Å². The number of anilines is 3. The molecule has 3 rings (SSSR count). The molecule has 2 N–H and O–H groups in total. The summed E-state index contributed by atoms with van der Waals surface area (Å²) in [6.45, 7) is 0.678. The Balaban J connectivity index is 1.84. The van der Waals surface area contributed by atoms with Crippen LogP contribution in [-0.2, 0) is 4.79 Å². The van der Waals surface area contributed by atoms with Crippen LogP contribution in [0.5, 0.6) is 0 Å². The predicted octanol–water partition coefficient (Wildman–Crippen LogP) is 4.24. The molecular weight excluding hydrogens is 444 g/mol. The molecule has 3 aromatic rings. The lowest BCUT2D eigenvalue weighted by molar-refractivity contribution is -0.111. The van der Waals surface area contributed by atoms with Crippen molar-refractivity contribution in [3.63, 3.8) is 0 Å². The van der Waals surface area contributed by atoms with E-state index in [4.69, 9.17) is 11.6 Å².